The lowest BCUT2D eigenvalue weighted by Gasteiger charge is -2.01. The number of rotatable bonds is 4. The highest BCUT2D eigenvalue weighted by atomic mass is 32.1. The van der Waals surface area contributed by atoms with Crippen LogP contribution >= 0.6 is 11.3 Å². The molecule has 17 heavy (non-hydrogen) atoms. The highest BCUT2D eigenvalue weighted by Crippen LogP contribution is 2.29. The van der Waals surface area contributed by atoms with Crippen molar-refractivity contribution in [3.05, 3.63) is 34.8 Å². The zero-order valence-electron chi connectivity index (χ0n) is 10.3. The van der Waals surface area contributed by atoms with E-state index in [0.29, 0.717) is 0 Å². The lowest BCUT2D eigenvalue weighted by molar-refractivity contribution is 0.415. The van der Waals surface area contributed by atoms with Gasteiger partial charge in [0.25, 0.3) is 0 Å². The van der Waals surface area contributed by atoms with Crippen LogP contribution in [0.5, 0.6) is 5.75 Å². The van der Waals surface area contributed by atoms with E-state index in [9.17, 15) is 0 Å². The molecule has 0 amide bonds. The van der Waals surface area contributed by atoms with Gasteiger partial charge in [-0.15, -0.1) is 11.3 Å². The SMILES string of the molecule is CNCc1nc(-c2cccc(OC)c2)sc1C. The average Bonchev–Trinajstić information content (AvgIpc) is 2.72. The minimum Gasteiger partial charge on any atom is -0.497 e. The Kier molecular flexibility index (Phi) is 3.76. The van der Waals surface area contributed by atoms with E-state index in [1.54, 1.807) is 18.4 Å². The third kappa shape index (κ3) is 2.65. The number of aryl methyl sites for hydroxylation is 1. The second-order valence-electron chi connectivity index (χ2n) is 3.78. The molecule has 1 heterocycles. The summed E-state index contributed by atoms with van der Waals surface area (Å²) in [5, 5.41) is 4.18. The zero-order chi connectivity index (χ0) is 12.3. The van der Waals surface area contributed by atoms with E-state index < -0.39 is 0 Å². The number of hydrogen-bond acceptors (Lipinski definition) is 4. The molecule has 1 N–H and O–H groups in total. The molecule has 90 valence electrons. The first-order chi connectivity index (χ1) is 8.24. The molecule has 0 saturated carbocycles. The van der Waals surface area contributed by atoms with Crippen LogP contribution < -0.4 is 10.1 Å². The number of nitrogens with zero attached hydrogens (tertiary/aromatic N) is 1. The fourth-order valence-corrected chi connectivity index (χ4v) is 2.57. The summed E-state index contributed by atoms with van der Waals surface area (Å²) in [6.45, 7) is 2.92. The van der Waals surface area contributed by atoms with Gasteiger partial charge in [0.2, 0.25) is 0 Å². The second-order valence-corrected chi connectivity index (χ2v) is 4.99. The van der Waals surface area contributed by atoms with Crippen molar-refractivity contribution in [2.75, 3.05) is 14.2 Å². The Morgan fingerprint density at radius 3 is 2.94 bits per heavy atom. The average molecular weight is 248 g/mol. The Bertz CT molecular complexity index is 508. The summed E-state index contributed by atoms with van der Waals surface area (Å²) in [4.78, 5) is 5.91. The van der Waals surface area contributed by atoms with Gasteiger partial charge in [-0.25, -0.2) is 4.98 Å². The molecule has 0 bridgehead atoms. The molecule has 1 aromatic heterocycles. The molecule has 0 radical (unpaired) electrons. The van der Waals surface area contributed by atoms with Gasteiger partial charge in [0.1, 0.15) is 10.8 Å². The van der Waals surface area contributed by atoms with Gasteiger partial charge < -0.3 is 10.1 Å². The Labute approximate surface area is 105 Å². The largest absolute Gasteiger partial charge is 0.497 e. The molecule has 2 aromatic rings. The number of benzene rings is 1. The smallest absolute Gasteiger partial charge is 0.124 e. The predicted octanol–water partition coefficient (Wildman–Crippen LogP) is 2.85. The topological polar surface area (TPSA) is 34.2 Å². The van der Waals surface area contributed by atoms with Gasteiger partial charge in [-0.05, 0) is 26.1 Å². The molecule has 1 aromatic carbocycles. The predicted molar refractivity (Wildman–Crippen MR) is 71.6 cm³/mol. The Morgan fingerprint density at radius 2 is 2.24 bits per heavy atom. The Hall–Kier alpha value is -1.39. The molecule has 0 atom stereocenters. The summed E-state index contributed by atoms with van der Waals surface area (Å²) in [6.07, 6.45) is 0. The van der Waals surface area contributed by atoms with Crippen LogP contribution in [-0.4, -0.2) is 19.1 Å². The van der Waals surface area contributed by atoms with E-state index >= 15 is 0 Å². The summed E-state index contributed by atoms with van der Waals surface area (Å²) < 4.78 is 5.23. The van der Waals surface area contributed by atoms with Gasteiger partial charge in [-0.2, -0.15) is 0 Å². The Morgan fingerprint density at radius 1 is 1.41 bits per heavy atom. The summed E-state index contributed by atoms with van der Waals surface area (Å²) >= 11 is 1.72. The molecular weight excluding hydrogens is 232 g/mol. The number of nitrogens with one attached hydrogen (secondary N) is 1. The third-order valence-corrected chi connectivity index (χ3v) is 3.62. The van der Waals surface area contributed by atoms with Crippen molar-refractivity contribution in [2.45, 2.75) is 13.5 Å². The maximum Gasteiger partial charge on any atom is 0.124 e. The van der Waals surface area contributed by atoms with E-state index in [1.807, 2.05) is 25.2 Å². The van der Waals surface area contributed by atoms with Gasteiger partial charge in [0.15, 0.2) is 0 Å². The maximum atomic E-state index is 5.23. The molecule has 2 rings (SSSR count). The number of thiazole rings is 1. The van der Waals surface area contributed by atoms with Crippen LogP contribution in [0.1, 0.15) is 10.6 Å². The van der Waals surface area contributed by atoms with Crippen molar-refractivity contribution in [2.24, 2.45) is 0 Å². The summed E-state index contributed by atoms with van der Waals surface area (Å²) in [5.74, 6) is 0.866. The molecule has 0 fully saturated rings. The number of ether oxygens (including phenoxy) is 1. The number of aromatic nitrogens is 1. The van der Waals surface area contributed by atoms with Crippen molar-refractivity contribution in [1.82, 2.24) is 10.3 Å². The molecule has 0 aliphatic rings. The molecule has 0 saturated heterocycles. The van der Waals surface area contributed by atoms with Crippen molar-refractivity contribution >= 4 is 11.3 Å². The normalized spacial score (nSPS) is 10.5. The lowest BCUT2D eigenvalue weighted by atomic mass is 10.2. The zero-order valence-corrected chi connectivity index (χ0v) is 11.1. The van der Waals surface area contributed by atoms with Crippen molar-refractivity contribution in [3.63, 3.8) is 0 Å². The first kappa shape index (κ1) is 12.1. The van der Waals surface area contributed by atoms with E-state index in [0.717, 1.165) is 28.6 Å². The summed E-state index contributed by atoms with van der Waals surface area (Å²) in [7, 11) is 3.61. The molecule has 4 heteroatoms. The van der Waals surface area contributed by atoms with E-state index in [2.05, 4.69) is 23.3 Å². The standard InChI is InChI=1S/C13H16N2OS/c1-9-12(8-14-2)15-13(17-9)10-5-4-6-11(7-10)16-3/h4-7,14H,8H2,1-3H3. The van der Waals surface area contributed by atoms with Gasteiger partial charge in [-0.3, -0.25) is 0 Å². The highest BCUT2D eigenvalue weighted by molar-refractivity contribution is 7.15. The molecule has 3 nitrogen and oxygen atoms in total. The first-order valence-corrected chi connectivity index (χ1v) is 6.31. The summed E-state index contributed by atoms with van der Waals surface area (Å²) in [6, 6.07) is 8.01. The van der Waals surface area contributed by atoms with Crippen molar-refractivity contribution in [3.8, 4) is 16.3 Å². The van der Waals surface area contributed by atoms with Crippen LogP contribution in [0.2, 0.25) is 0 Å². The fourth-order valence-electron chi connectivity index (χ4n) is 1.64. The van der Waals surface area contributed by atoms with Gasteiger partial charge in [0, 0.05) is 17.0 Å². The first-order valence-electron chi connectivity index (χ1n) is 5.50. The van der Waals surface area contributed by atoms with Gasteiger partial charge >= 0.3 is 0 Å². The van der Waals surface area contributed by atoms with Crippen LogP contribution in [0.4, 0.5) is 0 Å². The minimum absolute atomic E-state index is 0.812. The fraction of sp³-hybridized carbons (Fsp3) is 0.308. The van der Waals surface area contributed by atoms with Crippen molar-refractivity contribution in [1.29, 1.82) is 0 Å². The second kappa shape index (κ2) is 5.29. The maximum absolute atomic E-state index is 5.23. The van der Waals surface area contributed by atoms with Gasteiger partial charge in [-0.1, -0.05) is 12.1 Å². The van der Waals surface area contributed by atoms with Crippen LogP contribution in [0.3, 0.4) is 0 Å². The molecule has 0 aliphatic carbocycles. The van der Waals surface area contributed by atoms with Crippen LogP contribution in [-0.2, 0) is 6.54 Å². The van der Waals surface area contributed by atoms with Gasteiger partial charge in [0.05, 0.1) is 12.8 Å². The van der Waals surface area contributed by atoms with E-state index in [4.69, 9.17) is 4.74 Å². The summed E-state index contributed by atoms with van der Waals surface area (Å²) in [5.41, 5.74) is 2.23. The van der Waals surface area contributed by atoms with E-state index in [1.165, 1.54) is 4.88 Å². The van der Waals surface area contributed by atoms with Crippen LogP contribution in [0, 0.1) is 6.92 Å². The number of hydrogen-bond donors (Lipinski definition) is 1. The molecule has 0 spiro atoms. The monoisotopic (exact) mass is 248 g/mol. The molecule has 0 aliphatic heterocycles. The number of methoxy groups -OCH3 is 1. The van der Waals surface area contributed by atoms with Crippen LogP contribution in [0.15, 0.2) is 24.3 Å². The molecule has 0 unspecified atom stereocenters. The minimum atomic E-state index is 0.812. The van der Waals surface area contributed by atoms with E-state index in [-0.39, 0.29) is 0 Å². The highest BCUT2D eigenvalue weighted by Gasteiger charge is 2.09. The lowest BCUT2D eigenvalue weighted by Crippen LogP contribution is -2.06. The van der Waals surface area contributed by atoms with Crippen LogP contribution in [0.25, 0.3) is 10.6 Å². The quantitative estimate of drug-likeness (QED) is 0.903. The molecular formula is C13H16N2OS. The Balaban J connectivity index is 2.35. The van der Waals surface area contributed by atoms with Crippen molar-refractivity contribution < 1.29 is 4.74 Å². The third-order valence-electron chi connectivity index (χ3n) is 2.55.